The highest BCUT2D eigenvalue weighted by molar-refractivity contribution is 5.29. The molecule has 0 aliphatic carbocycles. The van der Waals surface area contributed by atoms with Crippen molar-refractivity contribution in [3.8, 4) is 5.88 Å². The van der Waals surface area contributed by atoms with E-state index in [4.69, 9.17) is 4.74 Å². The first-order chi connectivity index (χ1) is 5.38. The van der Waals surface area contributed by atoms with Crippen molar-refractivity contribution in [2.24, 2.45) is 0 Å². The van der Waals surface area contributed by atoms with Crippen LogP contribution in [0.4, 0.5) is 0 Å². The molecule has 1 aromatic rings. The van der Waals surface area contributed by atoms with Crippen molar-refractivity contribution in [3.05, 3.63) is 23.9 Å². The predicted octanol–water partition coefficient (Wildman–Crippen LogP) is 0.897. The van der Waals surface area contributed by atoms with E-state index >= 15 is 0 Å². The number of hydrogen-bond acceptors (Lipinski definition) is 3. The molecule has 1 atom stereocenters. The standard InChI is InChI=1S/C8H9NO2/c10-7-3-5-11-8-6(7)2-1-4-9-8/h1-2,4,7,10H,3,5H2/t7-/m1/s1. The van der Waals surface area contributed by atoms with Crippen molar-refractivity contribution in [1.82, 2.24) is 4.98 Å². The van der Waals surface area contributed by atoms with Gasteiger partial charge < -0.3 is 9.84 Å². The number of aliphatic hydroxyl groups excluding tert-OH is 1. The number of nitrogens with zero attached hydrogens (tertiary/aromatic N) is 1. The van der Waals surface area contributed by atoms with E-state index in [1.54, 1.807) is 12.3 Å². The van der Waals surface area contributed by atoms with E-state index in [1.165, 1.54) is 0 Å². The molecule has 1 aliphatic heterocycles. The lowest BCUT2D eigenvalue weighted by Gasteiger charge is -2.19. The van der Waals surface area contributed by atoms with Crippen LogP contribution in [0.15, 0.2) is 18.3 Å². The van der Waals surface area contributed by atoms with Crippen molar-refractivity contribution >= 4 is 0 Å². The number of ether oxygens (including phenoxy) is 1. The van der Waals surface area contributed by atoms with E-state index < -0.39 is 6.10 Å². The third kappa shape index (κ3) is 1.07. The van der Waals surface area contributed by atoms with Crippen molar-refractivity contribution in [3.63, 3.8) is 0 Å². The predicted molar refractivity (Wildman–Crippen MR) is 39.3 cm³/mol. The monoisotopic (exact) mass is 151 g/mol. The Morgan fingerprint density at radius 3 is 3.36 bits per heavy atom. The zero-order valence-electron chi connectivity index (χ0n) is 6.03. The first kappa shape index (κ1) is 6.61. The van der Waals surface area contributed by atoms with Gasteiger partial charge in [-0.2, -0.15) is 0 Å². The Balaban J connectivity index is 2.44. The average Bonchev–Trinajstić information content (AvgIpc) is 2.06. The van der Waals surface area contributed by atoms with Crippen LogP contribution in [0.5, 0.6) is 5.88 Å². The molecule has 0 saturated carbocycles. The van der Waals surface area contributed by atoms with E-state index in [0.717, 1.165) is 5.56 Å². The third-order valence-corrected chi connectivity index (χ3v) is 1.79. The van der Waals surface area contributed by atoms with Crippen molar-refractivity contribution in [2.45, 2.75) is 12.5 Å². The second-order valence-corrected chi connectivity index (χ2v) is 2.55. The average molecular weight is 151 g/mol. The number of rotatable bonds is 0. The minimum atomic E-state index is -0.396. The quantitative estimate of drug-likeness (QED) is 0.599. The second-order valence-electron chi connectivity index (χ2n) is 2.55. The number of aliphatic hydroxyl groups is 1. The highest BCUT2D eigenvalue weighted by Crippen LogP contribution is 2.28. The second kappa shape index (κ2) is 2.51. The largest absolute Gasteiger partial charge is 0.477 e. The van der Waals surface area contributed by atoms with Gasteiger partial charge in [0.05, 0.1) is 12.7 Å². The molecule has 0 fully saturated rings. The summed E-state index contributed by atoms with van der Waals surface area (Å²) in [5.41, 5.74) is 0.804. The molecule has 0 unspecified atom stereocenters. The van der Waals surface area contributed by atoms with E-state index in [2.05, 4.69) is 4.98 Å². The molecule has 0 amide bonds. The zero-order valence-corrected chi connectivity index (χ0v) is 6.03. The molecule has 58 valence electrons. The maximum atomic E-state index is 9.44. The Bertz CT molecular complexity index is 262. The maximum absolute atomic E-state index is 9.44. The minimum Gasteiger partial charge on any atom is -0.477 e. The summed E-state index contributed by atoms with van der Waals surface area (Å²) < 4.78 is 5.22. The lowest BCUT2D eigenvalue weighted by Crippen LogP contribution is -2.14. The van der Waals surface area contributed by atoms with Gasteiger partial charge in [0, 0.05) is 18.2 Å². The molecule has 0 spiro atoms. The molecular formula is C8H9NO2. The SMILES string of the molecule is O[C@@H]1CCOc2ncccc21. The van der Waals surface area contributed by atoms with Crippen LogP contribution in [0.1, 0.15) is 18.1 Å². The van der Waals surface area contributed by atoms with E-state index in [-0.39, 0.29) is 0 Å². The highest BCUT2D eigenvalue weighted by Gasteiger charge is 2.18. The Labute approximate surface area is 64.6 Å². The normalized spacial score (nSPS) is 22.1. The van der Waals surface area contributed by atoms with Gasteiger partial charge in [0.2, 0.25) is 5.88 Å². The number of fused-ring (bicyclic) bond motifs is 1. The van der Waals surface area contributed by atoms with Crippen LogP contribution in [0.25, 0.3) is 0 Å². The molecule has 3 nitrogen and oxygen atoms in total. The van der Waals surface area contributed by atoms with Crippen LogP contribution in [-0.4, -0.2) is 16.7 Å². The van der Waals surface area contributed by atoms with Gasteiger partial charge in [0.1, 0.15) is 0 Å². The molecule has 0 bridgehead atoms. The molecule has 2 rings (SSSR count). The molecule has 0 radical (unpaired) electrons. The summed E-state index contributed by atoms with van der Waals surface area (Å²) in [6, 6.07) is 3.64. The van der Waals surface area contributed by atoms with Gasteiger partial charge >= 0.3 is 0 Å². The first-order valence-corrected chi connectivity index (χ1v) is 3.64. The maximum Gasteiger partial charge on any atom is 0.219 e. The van der Waals surface area contributed by atoms with E-state index in [1.807, 2.05) is 6.07 Å². The van der Waals surface area contributed by atoms with Gasteiger partial charge in [0.15, 0.2) is 0 Å². The van der Waals surface area contributed by atoms with Crippen LogP contribution in [0.2, 0.25) is 0 Å². The smallest absolute Gasteiger partial charge is 0.219 e. The van der Waals surface area contributed by atoms with Crippen LogP contribution >= 0.6 is 0 Å². The molecule has 0 aromatic carbocycles. The Kier molecular flexibility index (Phi) is 1.51. The topological polar surface area (TPSA) is 42.4 Å². The van der Waals surface area contributed by atoms with Gasteiger partial charge in [-0.3, -0.25) is 0 Å². The molecule has 3 heteroatoms. The molecule has 0 saturated heterocycles. The summed E-state index contributed by atoms with van der Waals surface area (Å²) in [6.07, 6.45) is 1.93. The van der Waals surface area contributed by atoms with Gasteiger partial charge in [-0.1, -0.05) is 0 Å². The summed E-state index contributed by atoms with van der Waals surface area (Å²) in [5.74, 6) is 0.575. The summed E-state index contributed by atoms with van der Waals surface area (Å²) in [7, 11) is 0. The fourth-order valence-electron chi connectivity index (χ4n) is 1.20. The van der Waals surface area contributed by atoms with Crippen molar-refractivity contribution in [1.29, 1.82) is 0 Å². The summed E-state index contributed by atoms with van der Waals surface area (Å²) in [5, 5.41) is 9.44. The van der Waals surface area contributed by atoms with Crippen LogP contribution in [0, 0.1) is 0 Å². The van der Waals surface area contributed by atoms with Gasteiger partial charge in [-0.15, -0.1) is 0 Å². The number of hydrogen-bond donors (Lipinski definition) is 1. The van der Waals surface area contributed by atoms with Crippen molar-refractivity contribution in [2.75, 3.05) is 6.61 Å². The zero-order chi connectivity index (χ0) is 7.68. The lowest BCUT2D eigenvalue weighted by atomic mass is 10.1. The molecule has 11 heavy (non-hydrogen) atoms. The Morgan fingerprint density at radius 1 is 1.64 bits per heavy atom. The van der Waals surface area contributed by atoms with Gasteiger partial charge in [-0.25, -0.2) is 4.98 Å². The third-order valence-electron chi connectivity index (χ3n) is 1.79. The van der Waals surface area contributed by atoms with Crippen LogP contribution in [0.3, 0.4) is 0 Å². The number of pyridine rings is 1. The summed E-state index contributed by atoms with van der Waals surface area (Å²) in [6.45, 7) is 0.561. The fraction of sp³-hybridized carbons (Fsp3) is 0.375. The fourth-order valence-corrected chi connectivity index (χ4v) is 1.20. The summed E-state index contributed by atoms with van der Waals surface area (Å²) in [4.78, 5) is 3.99. The Morgan fingerprint density at radius 2 is 2.55 bits per heavy atom. The van der Waals surface area contributed by atoms with Crippen molar-refractivity contribution < 1.29 is 9.84 Å². The van der Waals surface area contributed by atoms with E-state index in [9.17, 15) is 5.11 Å². The van der Waals surface area contributed by atoms with E-state index in [0.29, 0.717) is 18.9 Å². The number of aromatic nitrogens is 1. The van der Waals surface area contributed by atoms with Gasteiger partial charge in [0.25, 0.3) is 0 Å². The minimum absolute atomic E-state index is 0.396. The molecule has 1 N–H and O–H groups in total. The summed E-state index contributed by atoms with van der Waals surface area (Å²) >= 11 is 0. The molecule has 1 aliphatic rings. The highest BCUT2D eigenvalue weighted by atomic mass is 16.5. The van der Waals surface area contributed by atoms with Gasteiger partial charge in [-0.05, 0) is 12.1 Å². The first-order valence-electron chi connectivity index (χ1n) is 3.64. The van der Waals surface area contributed by atoms with Crippen LogP contribution < -0.4 is 4.74 Å². The molecular weight excluding hydrogens is 142 g/mol. The molecule has 1 aromatic heterocycles. The molecule has 2 heterocycles. The Hall–Kier alpha value is -1.09. The lowest BCUT2D eigenvalue weighted by molar-refractivity contribution is 0.112. The van der Waals surface area contributed by atoms with Crippen LogP contribution in [-0.2, 0) is 0 Å².